The Balaban J connectivity index is 1.46. The highest BCUT2D eigenvalue weighted by Gasteiger charge is 2.28. The van der Waals surface area contributed by atoms with Crippen LogP contribution in [0.3, 0.4) is 0 Å². The zero-order chi connectivity index (χ0) is 29.2. The quantitative estimate of drug-likeness (QED) is 0.172. The van der Waals surface area contributed by atoms with Crippen LogP contribution in [0, 0.1) is 0 Å². The summed E-state index contributed by atoms with van der Waals surface area (Å²) in [4.78, 5) is 0. The van der Waals surface area contributed by atoms with E-state index in [2.05, 4.69) is 156 Å². The standard InChI is InChI=1S/C44H25N/c1-3-13-28-23-40-36(21-26(28)11-1)38-25-37-34-19-8-7-17-32(34)30-15-5-6-16-31(30)33-18-9-10-20-35(33)42(37)43-39-22-27-12-2-4-14-29(27)24-41(39)45(40)44(38)43/h1-25H. The Morgan fingerprint density at radius 1 is 0.311 bits per heavy atom. The smallest absolute Gasteiger partial charge is 0.0627 e. The van der Waals surface area contributed by atoms with Gasteiger partial charge in [-0.2, -0.15) is 0 Å². The largest absolute Gasteiger partial charge is 0.308 e. The number of hydrogen-bond acceptors (Lipinski definition) is 0. The highest BCUT2D eigenvalue weighted by atomic mass is 14.9. The van der Waals surface area contributed by atoms with E-state index in [4.69, 9.17) is 0 Å². The van der Waals surface area contributed by atoms with E-state index < -0.39 is 0 Å². The van der Waals surface area contributed by atoms with Crippen LogP contribution in [0.25, 0.3) is 104 Å². The number of aromatic nitrogens is 1. The Morgan fingerprint density at radius 3 is 1.27 bits per heavy atom. The summed E-state index contributed by atoms with van der Waals surface area (Å²) in [5.41, 5.74) is 14.1. The summed E-state index contributed by atoms with van der Waals surface area (Å²) in [7, 11) is 0. The van der Waals surface area contributed by atoms with Gasteiger partial charge >= 0.3 is 0 Å². The van der Waals surface area contributed by atoms with Gasteiger partial charge in [0.15, 0.2) is 0 Å². The third-order valence-electron chi connectivity index (χ3n) is 10.2. The molecule has 0 fully saturated rings. The van der Waals surface area contributed by atoms with Crippen molar-refractivity contribution in [1.82, 2.24) is 4.40 Å². The molecule has 206 valence electrons. The second kappa shape index (κ2) is 8.37. The maximum Gasteiger partial charge on any atom is 0.0627 e. The van der Waals surface area contributed by atoms with Crippen LogP contribution in [-0.4, -0.2) is 4.40 Å². The Morgan fingerprint density at radius 2 is 0.711 bits per heavy atom. The van der Waals surface area contributed by atoms with E-state index in [-0.39, 0.29) is 0 Å². The molecule has 11 rings (SSSR count). The summed E-state index contributed by atoms with van der Waals surface area (Å²) >= 11 is 0. The summed E-state index contributed by atoms with van der Waals surface area (Å²) in [5.74, 6) is 0. The second-order valence-corrected chi connectivity index (χ2v) is 12.5. The van der Waals surface area contributed by atoms with Crippen LogP contribution in [0.1, 0.15) is 0 Å². The van der Waals surface area contributed by atoms with Crippen molar-refractivity contribution in [2.75, 3.05) is 0 Å². The molecular weight excluding hydrogens is 542 g/mol. The minimum Gasteiger partial charge on any atom is -0.308 e. The Hall–Kier alpha value is -5.92. The van der Waals surface area contributed by atoms with Gasteiger partial charge in [-0.15, -0.1) is 0 Å². The van der Waals surface area contributed by atoms with Gasteiger partial charge in [0.05, 0.1) is 16.6 Å². The SMILES string of the molecule is c1ccc2c(c1)-c1ccccc1-c1cc3c4cc5ccccc5cc4n4c5cc6ccccc6cc5c(c1-c1ccccc1-2)c34. The lowest BCUT2D eigenvalue weighted by Crippen LogP contribution is -1.97. The van der Waals surface area contributed by atoms with Crippen LogP contribution in [-0.2, 0) is 0 Å². The Labute approximate surface area is 259 Å². The summed E-state index contributed by atoms with van der Waals surface area (Å²) in [6.07, 6.45) is 0. The van der Waals surface area contributed by atoms with E-state index >= 15 is 0 Å². The first-order valence-electron chi connectivity index (χ1n) is 15.7. The molecule has 2 heterocycles. The fraction of sp³-hybridized carbons (Fsp3) is 0. The molecule has 0 N–H and O–H groups in total. The van der Waals surface area contributed by atoms with Crippen molar-refractivity contribution < 1.29 is 0 Å². The third-order valence-corrected chi connectivity index (χ3v) is 10.2. The van der Waals surface area contributed by atoms with E-state index in [0.29, 0.717) is 0 Å². The van der Waals surface area contributed by atoms with Crippen molar-refractivity contribution >= 4 is 59.6 Å². The highest BCUT2D eigenvalue weighted by Crippen LogP contribution is 2.54. The molecule has 0 aliphatic heterocycles. The van der Waals surface area contributed by atoms with Gasteiger partial charge in [-0.1, -0.05) is 121 Å². The van der Waals surface area contributed by atoms with Crippen LogP contribution >= 0.6 is 0 Å². The van der Waals surface area contributed by atoms with Crippen molar-refractivity contribution in [2.45, 2.75) is 0 Å². The van der Waals surface area contributed by atoms with Gasteiger partial charge in [-0.25, -0.2) is 0 Å². The van der Waals surface area contributed by atoms with Crippen LogP contribution < -0.4 is 0 Å². The third kappa shape index (κ3) is 2.98. The topological polar surface area (TPSA) is 4.41 Å². The van der Waals surface area contributed by atoms with Crippen LogP contribution in [0.2, 0.25) is 0 Å². The molecule has 0 saturated heterocycles. The molecule has 0 spiro atoms. The number of hydrogen-bond donors (Lipinski definition) is 0. The van der Waals surface area contributed by atoms with Crippen molar-refractivity contribution in [2.24, 2.45) is 0 Å². The van der Waals surface area contributed by atoms with E-state index in [1.165, 1.54) is 104 Å². The lowest BCUT2D eigenvalue weighted by atomic mass is 9.79. The highest BCUT2D eigenvalue weighted by molar-refractivity contribution is 6.32. The molecule has 0 unspecified atom stereocenters. The van der Waals surface area contributed by atoms with Gasteiger partial charge in [0.25, 0.3) is 0 Å². The normalized spacial score (nSPS) is 12.4. The lowest BCUT2D eigenvalue weighted by molar-refractivity contribution is 1.38. The van der Waals surface area contributed by atoms with Crippen molar-refractivity contribution in [3.05, 3.63) is 152 Å². The average Bonchev–Trinajstić information content (AvgIpc) is 3.59. The summed E-state index contributed by atoms with van der Waals surface area (Å²) in [6.45, 7) is 0. The monoisotopic (exact) mass is 567 g/mol. The molecule has 0 bridgehead atoms. The van der Waals surface area contributed by atoms with Crippen LogP contribution in [0.15, 0.2) is 152 Å². The van der Waals surface area contributed by atoms with Gasteiger partial charge in [0.2, 0.25) is 0 Å². The molecule has 8 aromatic carbocycles. The van der Waals surface area contributed by atoms with Gasteiger partial charge in [-0.3, -0.25) is 0 Å². The predicted octanol–water partition coefficient (Wildman–Crippen LogP) is 12.1. The van der Waals surface area contributed by atoms with Gasteiger partial charge in [-0.05, 0) is 90.8 Å². The molecule has 2 aromatic heterocycles. The fourth-order valence-electron chi connectivity index (χ4n) is 8.32. The Bertz CT molecular complexity index is 2870. The molecule has 1 heteroatoms. The first kappa shape index (κ1) is 23.5. The zero-order valence-corrected chi connectivity index (χ0v) is 24.4. The zero-order valence-electron chi connectivity index (χ0n) is 24.4. The molecule has 0 saturated carbocycles. The molecular formula is C44H25N. The average molecular weight is 568 g/mol. The predicted molar refractivity (Wildman–Crippen MR) is 191 cm³/mol. The van der Waals surface area contributed by atoms with E-state index in [1.807, 2.05) is 0 Å². The van der Waals surface area contributed by atoms with Gasteiger partial charge < -0.3 is 4.40 Å². The molecule has 0 atom stereocenters. The van der Waals surface area contributed by atoms with E-state index in [0.717, 1.165) is 0 Å². The van der Waals surface area contributed by atoms with Crippen LogP contribution in [0.5, 0.6) is 0 Å². The van der Waals surface area contributed by atoms with Crippen molar-refractivity contribution in [3.63, 3.8) is 0 Å². The number of nitrogens with zero attached hydrogens (tertiary/aromatic N) is 1. The molecule has 1 aliphatic rings. The number of rotatable bonds is 0. The first-order chi connectivity index (χ1) is 22.3. The van der Waals surface area contributed by atoms with E-state index in [1.54, 1.807) is 0 Å². The number of fused-ring (bicyclic) bond motifs is 17. The maximum atomic E-state index is 2.55. The molecule has 45 heavy (non-hydrogen) atoms. The van der Waals surface area contributed by atoms with Gasteiger partial charge in [0, 0.05) is 27.1 Å². The first-order valence-corrected chi connectivity index (χ1v) is 15.7. The summed E-state index contributed by atoms with van der Waals surface area (Å²) in [6, 6.07) is 56.6. The molecule has 1 nitrogen and oxygen atoms in total. The minimum absolute atomic E-state index is 1.26. The molecule has 10 aromatic rings. The van der Waals surface area contributed by atoms with Crippen molar-refractivity contribution in [3.8, 4) is 44.5 Å². The van der Waals surface area contributed by atoms with Gasteiger partial charge in [0.1, 0.15) is 0 Å². The summed E-state index contributed by atoms with van der Waals surface area (Å²) in [5, 5.41) is 10.3. The van der Waals surface area contributed by atoms with E-state index in [9.17, 15) is 0 Å². The molecule has 0 radical (unpaired) electrons. The minimum atomic E-state index is 1.26. The Kier molecular flexibility index (Phi) is 4.38. The van der Waals surface area contributed by atoms with Crippen molar-refractivity contribution in [1.29, 1.82) is 0 Å². The molecule has 0 amide bonds. The summed E-state index contributed by atoms with van der Waals surface area (Å²) < 4.78 is 2.55. The molecule has 1 aliphatic carbocycles. The maximum absolute atomic E-state index is 2.55. The second-order valence-electron chi connectivity index (χ2n) is 12.5. The van der Waals surface area contributed by atoms with Crippen LogP contribution in [0.4, 0.5) is 0 Å². The lowest BCUT2D eigenvalue weighted by Gasteiger charge is -2.24. The fourth-order valence-corrected chi connectivity index (χ4v) is 8.32. The number of benzene rings is 8.